The van der Waals surface area contributed by atoms with E-state index >= 15 is 0 Å². The van der Waals surface area contributed by atoms with Crippen molar-refractivity contribution in [1.29, 1.82) is 0 Å². The minimum atomic E-state index is -3.93. The second-order valence-corrected chi connectivity index (χ2v) is 18.1. The van der Waals surface area contributed by atoms with Crippen LogP contribution in [0.25, 0.3) is 10.6 Å². The Hall–Kier alpha value is -4.99. The number of benzene rings is 3. The highest BCUT2D eigenvalue weighted by atomic mass is 35.5. The average Bonchev–Trinajstić information content (AvgIpc) is 3.86. The van der Waals surface area contributed by atoms with E-state index in [-0.39, 0.29) is 35.8 Å². The molecule has 1 aliphatic heterocycles. The van der Waals surface area contributed by atoms with Gasteiger partial charge in [-0.05, 0) is 112 Å². The van der Waals surface area contributed by atoms with E-state index in [0.29, 0.717) is 55.6 Å². The van der Waals surface area contributed by atoms with Crippen molar-refractivity contribution in [3.8, 4) is 5.00 Å². The normalized spacial score (nSPS) is 14.5. The fourth-order valence-corrected chi connectivity index (χ4v) is 9.95. The Morgan fingerprint density at radius 2 is 1.69 bits per heavy atom. The van der Waals surface area contributed by atoms with E-state index in [4.69, 9.17) is 26.1 Å². The van der Waals surface area contributed by atoms with Gasteiger partial charge >= 0.3 is 0 Å². The van der Waals surface area contributed by atoms with Gasteiger partial charge in [-0.3, -0.25) is 23.9 Å². The number of hydrogen-bond acceptors (Lipinski definition) is 10. The van der Waals surface area contributed by atoms with Crippen molar-refractivity contribution >= 4 is 61.6 Å². The number of nitrogens with one attached hydrogen (secondary N) is 2. The van der Waals surface area contributed by atoms with Crippen LogP contribution in [-0.4, -0.2) is 73.6 Å². The van der Waals surface area contributed by atoms with Gasteiger partial charge in [-0.15, -0.1) is 21.5 Å². The Morgan fingerprint density at radius 1 is 0.932 bits per heavy atom. The fraction of sp³-hybridized carbons (Fsp3) is 0.341. The maximum Gasteiger partial charge on any atom is 0.261 e. The topological polar surface area (TPSA) is 154 Å². The molecular weight excluding hydrogens is 808 g/mol. The van der Waals surface area contributed by atoms with Gasteiger partial charge in [0.25, 0.3) is 15.9 Å². The quantitative estimate of drug-likeness (QED) is 0.0891. The first kappa shape index (κ1) is 42.1. The molecule has 59 heavy (non-hydrogen) atoms. The van der Waals surface area contributed by atoms with Gasteiger partial charge in [-0.25, -0.2) is 8.42 Å². The van der Waals surface area contributed by atoms with Crippen LogP contribution in [-0.2, 0) is 30.7 Å². The minimum absolute atomic E-state index is 0.000275. The molecule has 3 heterocycles. The minimum Gasteiger partial charge on any atom is -0.379 e. The van der Waals surface area contributed by atoms with Crippen molar-refractivity contribution in [3.63, 3.8) is 0 Å². The zero-order valence-electron chi connectivity index (χ0n) is 33.7. The van der Waals surface area contributed by atoms with Gasteiger partial charge in [0.15, 0.2) is 5.82 Å². The van der Waals surface area contributed by atoms with Crippen LogP contribution < -0.4 is 10.0 Å². The lowest BCUT2D eigenvalue weighted by molar-refractivity contribution is -0.119. The molecule has 308 valence electrons. The van der Waals surface area contributed by atoms with E-state index in [1.165, 1.54) is 17.0 Å². The monoisotopic (exact) mass is 854 g/mol. The maximum atomic E-state index is 13.3. The Bertz CT molecular complexity index is 2580. The van der Waals surface area contributed by atoms with Crippen molar-refractivity contribution in [2.75, 3.05) is 37.7 Å². The third kappa shape index (κ3) is 9.27. The summed E-state index contributed by atoms with van der Waals surface area (Å²) in [6.07, 6.45) is 3.80. The highest BCUT2D eigenvalue weighted by Crippen LogP contribution is 2.40. The molecule has 2 aliphatic rings. The first-order chi connectivity index (χ1) is 28.3. The Labute approximate surface area is 353 Å². The number of aryl methyl sites for hydroxylation is 3. The molecule has 1 amide bonds. The zero-order chi connectivity index (χ0) is 41.8. The predicted molar refractivity (Wildman–Crippen MR) is 232 cm³/mol. The predicted octanol–water partition coefficient (Wildman–Crippen LogP) is 8.07. The number of ether oxygens (including phenoxy) is 2. The van der Waals surface area contributed by atoms with Crippen molar-refractivity contribution in [3.05, 3.63) is 127 Å². The number of nitrogens with zero attached hydrogens (tertiary/aromatic N) is 4. The lowest BCUT2D eigenvalue weighted by atomic mass is 9.99. The molecule has 7 rings (SSSR count). The van der Waals surface area contributed by atoms with Gasteiger partial charge in [0.2, 0.25) is 0 Å². The molecule has 0 saturated heterocycles. The third-order valence-corrected chi connectivity index (χ3v) is 13.4. The van der Waals surface area contributed by atoms with Crippen LogP contribution >= 0.6 is 22.9 Å². The largest absolute Gasteiger partial charge is 0.379 e. The third-order valence-electron chi connectivity index (χ3n) is 10.6. The Balaban J connectivity index is 0.838. The molecule has 0 fully saturated rings. The molecule has 3 aromatic carbocycles. The number of ketones is 1. The number of carbonyl (C=O) groups excluding carboxylic acids is 2. The van der Waals surface area contributed by atoms with Crippen molar-refractivity contribution in [2.24, 2.45) is 4.99 Å². The second-order valence-electron chi connectivity index (χ2n) is 14.7. The highest BCUT2D eigenvalue weighted by molar-refractivity contribution is 7.92. The number of carbonyl (C=O) groups is 2. The summed E-state index contributed by atoms with van der Waals surface area (Å²) in [4.78, 5) is 32.6. The number of thiophene rings is 1. The van der Waals surface area contributed by atoms with E-state index in [1.54, 1.807) is 29.5 Å². The van der Waals surface area contributed by atoms with Crippen LogP contribution in [0.5, 0.6) is 0 Å². The van der Waals surface area contributed by atoms with Gasteiger partial charge in [0.05, 0.1) is 36.1 Å². The summed E-state index contributed by atoms with van der Waals surface area (Å²) < 4.78 is 42.8. The van der Waals surface area contributed by atoms with Crippen LogP contribution in [0.1, 0.15) is 92.5 Å². The van der Waals surface area contributed by atoms with E-state index < -0.39 is 22.0 Å². The number of sulfonamides is 1. The number of allylic oxidation sites excluding steroid dienone is 2. The second kappa shape index (κ2) is 18.1. The van der Waals surface area contributed by atoms with Crippen LogP contribution in [0.15, 0.2) is 76.6 Å². The summed E-state index contributed by atoms with van der Waals surface area (Å²) in [6.45, 7) is 11.6. The number of halogens is 1. The summed E-state index contributed by atoms with van der Waals surface area (Å²) in [5.74, 6) is 1.04. The summed E-state index contributed by atoms with van der Waals surface area (Å²) in [5.41, 5.74) is 8.91. The Kier molecular flexibility index (Phi) is 12.9. The summed E-state index contributed by atoms with van der Waals surface area (Å²) in [5, 5.41) is 13.3. The van der Waals surface area contributed by atoms with Crippen LogP contribution in [0, 0.1) is 27.7 Å². The molecule has 2 aromatic heterocycles. The molecule has 0 saturated carbocycles. The molecule has 5 aromatic rings. The first-order valence-corrected chi connectivity index (χ1v) is 22.2. The van der Waals surface area contributed by atoms with Gasteiger partial charge in [-0.2, -0.15) is 0 Å². The number of anilines is 1. The van der Waals surface area contributed by atoms with Gasteiger partial charge < -0.3 is 14.8 Å². The molecule has 0 radical (unpaired) electrons. The first-order valence-electron chi connectivity index (χ1n) is 19.6. The molecule has 15 heteroatoms. The molecule has 0 unspecified atom stereocenters. The van der Waals surface area contributed by atoms with Gasteiger partial charge in [0, 0.05) is 52.6 Å². The molecule has 0 bridgehead atoms. The van der Waals surface area contributed by atoms with Crippen molar-refractivity contribution in [2.45, 2.75) is 71.2 Å². The summed E-state index contributed by atoms with van der Waals surface area (Å²) >= 11 is 7.89. The lowest BCUT2D eigenvalue weighted by Gasteiger charge is -2.15. The number of aromatic nitrogens is 3. The maximum absolute atomic E-state index is 13.3. The van der Waals surface area contributed by atoms with Gasteiger partial charge in [-0.1, -0.05) is 41.9 Å². The SMILES string of the molecule is CC1=CCc2c(NS(=O)(=O)c3cccc(C(=O)NCCOCCOCCCC(=O)C[C@@H]4N=C(c5ccc(Cl)cc5)c5c(sc(C)c5C)-n5c(C)nnc54)c3)ccc(C)c21. The molecular formula is C44H47ClN6O6S2. The molecule has 1 aliphatic carbocycles. The van der Waals surface area contributed by atoms with Gasteiger partial charge in [0.1, 0.15) is 22.7 Å². The van der Waals surface area contributed by atoms with Crippen molar-refractivity contribution < 1.29 is 27.5 Å². The summed E-state index contributed by atoms with van der Waals surface area (Å²) in [7, 11) is -3.93. The Morgan fingerprint density at radius 3 is 2.47 bits per heavy atom. The van der Waals surface area contributed by atoms with E-state index in [0.717, 1.165) is 55.5 Å². The zero-order valence-corrected chi connectivity index (χ0v) is 36.1. The number of aliphatic imine (C=N–C) groups is 1. The fourth-order valence-electron chi connectivity index (χ4n) is 7.47. The number of hydrogen-bond donors (Lipinski definition) is 2. The molecule has 1 atom stereocenters. The summed E-state index contributed by atoms with van der Waals surface area (Å²) in [6, 6.07) is 16.7. The van der Waals surface area contributed by atoms with E-state index in [2.05, 4.69) is 40.2 Å². The standard InChI is InChI=1S/C44H47ClN6O6S2/c1-26-11-17-36-37(18-12-27(2)39(26)36)50-59(54,55)35-10-6-8-32(24-35)43(53)46-19-21-57-23-22-56-20-7-9-34(52)25-38-42-49-48-30(5)51(42)44-40(28(3)29(4)58-44)41(47-38)31-13-15-33(45)16-14-31/h6,8,10-16,18,24,38,50H,7,9,17,19-23,25H2,1-5H3,(H,46,53)/t38-/m0/s1. The highest BCUT2D eigenvalue weighted by Gasteiger charge is 2.32. The number of fused-ring (bicyclic) bond motifs is 4. The molecule has 2 N–H and O–H groups in total. The van der Waals surface area contributed by atoms with Crippen LogP contribution in [0.2, 0.25) is 5.02 Å². The van der Waals surface area contributed by atoms with E-state index in [1.807, 2.05) is 55.7 Å². The van der Waals surface area contributed by atoms with E-state index in [9.17, 15) is 18.0 Å². The molecule has 0 spiro atoms. The van der Waals surface area contributed by atoms with Crippen LogP contribution in [0.3, 0.4) is 0 Å². The number of amides is 1. The van der Waals surface area contributed by atoms with Crippen LogP contribution in [0.4, 0.5) is 5.69 Å². The molecule has 12 nitrogen and oxygen atoms in total. The smallest absolute Gasteiger partial charge is 0.261 e. The lowest BCUT2D eigenvalue weighted by Crippen LogP contribution is -2.28. The number of rotatable bonds is 17. The average molecular weight is 855 g/mol. The van der Waals surface area contributed by atoms with Crippen molar-refractivity contribution in [1.82, 2.24) is 20.1 Å². The number of Topliss-reactive ketones (excluding diaryl/α,β-unsaturated/α-hetero) is 1.